The highest BCUT2D eigenvalue weighted by Crippen LogP contribution is 2.44. The summed E-state index contributed by atoms with van der Waals surface area (Å²) in [4.78, 5) is 11.0. The zero-order valence-electron chi connectivity index (χ0n) is 12.2. The smallest absolute Gasteiger partial charge is 0.304 e. The highest BCUT2D eigenvalue weighted by molar-refractivity contribution is 5.69. The number of carboxylic acids is 1. The van der Waals surface area contributed by atoms with E-state index in [0.717, 1.165) is 6.92 Å². The third-order valence-electron chi connectivity index (χ3n) is 3.48. The van der Waals surface area contributed by atoms with Crippen molar-refractivity contribution in [1.29, 1.82) is 0 Å². The van der Waals surface area contributed by atoms with Gasteiger partial charge in [0.05, 0.1) is 6.42 Å². The SMILES string of the molecule is CC(F)(F)c1cc2c(cc1C(C)(C)CC(=O)O)OCCO2. The number of aliphatic carboxylic acids is 1. The van der Waals surface area contributed by atoms with E-state index in [9.17, 15) is 13.6 Å². The number of carboxylic acid groups (broad SMARTS) is 1. The van der Waals surface area contributed by atoms with Crippen molar-refractivity contribution in [1.82, 2.24) is 0 Å². The zero-order chi connectivity index (χ0) is 15.8. The van der Waals surface area contributed by atoms with Crippen LogP contribution in [0, 0.1) is 0 Å². The largest absolute Gasteiger partial charge is 0.486 e. The van der Waals surface area contributed by atoms with Crippen LogP contribution in [0.15, 0.2) is 12.1 Å². The van der Waals surface area contributed by atoms with Crippen molar-refractivity contribution in [3.05, 3.63) is 23.3 Å². The number of ether oxygens (including phenoxy) is 2. The first-order valence-corrected chi connectivity index (χ1v) is 6.65. The molecule has 0 unspecified atom stereocenters. The van der Waals surface area contributed by atoms with Crippen LogP contribution in [-0.4, -0.2) is 24.3 Å². The van der Waals surface area contributed by atoms with Crippen LogP contribution in [0.5, 0.6) is 11.5 Å². The molecule has 1 N–H and O–H groups in total. The molecule has 0 bridgehead atoms. The average Bonchev–Trinajstić information content (AvgIpc) is 2.34. The molecule has 1 aliphatic rings. The molecule has 21 heavy (non-hydrogen) atoms. The van der Waals surface area contributed by atoms with Crippen LogP contribution < -0.4 is 9.47 Å². The fraction of sp³-hybridized carbons (Fsp3) is 0.533. The minimum absolute atomic E-state index is 0.224. The van der Waals surface area contributed by atoms with Gasteiger partial charge < -0.3 is 14.6 Å². The van der Waals surface area contributed by atoms with Crippen molar-refractivity contribution in [3.8, 4) is 11.5 Å². The lowest BCUT2D eigenvalue weighted by atomic mass is 9.77. The van der Waals surface area contributed by atoms with Gasteiger partial charge in [0.15, 0.2) is 11.5 Å². The minimum atomic E-state index is -3.10. The van der Waals surface area contributed by atoms with Crippen molar-refractivity contribution in [2.24, 2.45) is 0 Å². The molecule has 0 radical (unpaired) electrons. The van der Waals surface area contributed by atoms with Gasteiger partial charge in [0.1, 0.15) is 13.2 Å². The number of halogens is 2. The summed E-state index contributed by atoms with van der Waals surface area (Å²) >= 11 is 0. The molecule has 116 valence electrons. The molecule has 1 aromatic rings. The van der Waals surface area contributed by atoms with E-state index in [1.54, 1.807) is 13.8 Å². The molecule has 2 rings (SSSR count). The minimum Gasteiger partial charge on any atom is -0.486 e. The molecule has 1 heterocycles. The Bertz CT molecular complexity index is 562. The summed E-state index contributed by atoms with van der Waals surface area (Å²) in [5, 5.41) is 9.00. The Hall–Kier alpha value is -1.85. The average molecular weight is 300 g/mol. The number of fused-ring (bicyclic) bond motifs is 1. The van der Waals surface area contributed by atoms with Crippen LogP contribution in [0.4, 0.5) is 8.78 Å². The predicted molar refractivity (Wildman–Crippen MR) is 72.3 cm³/mol. The number of carbonyl (C=O) groups is 1. The van der Waals surface area contributed by atoms with Gasteiger partial charge in [-0.25, -0.2) is 8.78 Å². The molecule has 1 aliphatic heterocycles. The second kappa shape index (κ2) is 5.16. The molecule has 0 saturated heterocycles. The van der Waals surface area contributed by atoms with Gasteiger partial charge in [-0.05, 0) is 17.7 Å². The Balaban J connectivity index is 2.59. The molecular formula is C15H18F2O4. The number of rotatable bonds is 4. The van der Waals surface area contributed by atoms with Gasteiger partial charge in [-0.2, -0.15) is 0 Å². The second-order valence-electron chi connectivity index (χ2n) is 5.88. The number of benzene rings is 1. The lowest BCUT2D eigenvalue weighted by Crippen LogP contribution is -2.27. The number of alkyl halides is 2. The van der Waals surface area contributed by atoms with Gasteiger partial charge in [0.2, 0.25) is 0 Å². The van der Waals surface area contributed by atoms with Gasteiger partial charge in [-0.3, -0.25) is 4.79 Å². The molecule has 6 heteroatoms. The van der Waals surface area contributed by atoms with Crippen molar-refractivity contribution >= 4 is 5.97 Å². The summed E-state index contributed by atoms with van der Waals surface area (Å²) < 4.78 is 38.6. The molecule has 0 saturated carbocycles. The Morgan fingerprint density at radius 2 is 1.62 bits per heavy atom. The van der Waals surface area contributed by atoms with Gasteiger partial charge in [-0.1, -0.05) is 13.8 Å². The third kappa shape index (κ3) is 3.25. The highest BCUT2D eigenvalue weighted by atomic mass is 19.3. The highest BCUT2D eigenvalue weighted by Gasteiger charge is 2.37. The van der Waals surface area contributed by atoms with E-state index in [4.69, 9.17) is 14.6 Å². The summed E-state index contributed by atoms with van der Waals surface area (Å²) in [5.41, 5.74) is -0.907. The normalized spacial score (nSPS) is 14.9. The van der Waals surface area contributed by atoms with E-state index in [1.807, 2.05) is 0 Å². The molecule has 0 fully saturated rings. The predicted octanol–water partition coefficient (Wildman–Crippen LogP) is 3.32. The van der Waals surface area contributed by atoms with E-state index in [0.29, 0.717) is 19.0 Å². The quantitative estimate of drug-likeness (QED) is 0.926. The maximum absolute atomic E-state index is 13.9. The molecule has 0 spiro atoms. The molecule has 1 aromatic carbocycles. The van der Waals surface area contributed by atoms with Gasteiger partial charge in [0.25, 0.3) is 5.92 Å². The van der Waals surface area contributed by atoms with Crippen molar-refractivity contribution in [2.75, 3.05) is 13.2 Å². The van der Waals surface area contributed by atoms with E-state index < -0.39 is 17.3 Å². The monoisotopic (exact) mass is 300 g/mol. The summed E-state index contributed by atoms with van der Waals surface area (Å²) in [5.74, 6) is -3.49. The number of hydrogen-bond donors (Lipinski definition) is 1. The molecule has 0 atom stereocenters. The Morgan fingerprint density at radius 1 is 1.14 bits per heavy atom. The molecule has 4 nitrogen and oxygen atoms in total. The molecule has 0 aliphatic carbocycles. The Kier molecular flexibility index (Phi) is 3.82. The van der Waals surface area contributed by atoms with E-state index >= 15 is 0 Å². The molecule has 0 amide bonds. The topological polar surface area (TPSA) is 55.8 Å². The summed E-state index contributed by atoms with van der Waals surface area (Å²) in [7, 11) is 0. The lowest BCUT2D eigenvalue weighted by molar-refractivity contribution is -0.138. The van der Waals surface area contributed by atoms with Crippen LogP contribution in [0.3, 0.4) is 0 Å². The maximum Gasteiger partial charge on any atom is 0.304 e. The first kappa shape index (κ1) is 15.5. The van der Waals surface area contributed by atoms with Crippen LogP contribution in [0.1, 0.15) is 38.3 Å². The van der Waals surface area contributed by atoms with E-state index in [1.165, 1.54) is 12.1 Å². The van der Waals surface area contributed by atoms with Crippen molar-refractivity contribution < 1.29 is 28.2 Å². The fourth-order valence-corrected chi connectivity index (χ4v) is 2.49. The van der Waals surface area contributed by atoms with Crippen LogP contribution in [-0.2, 0) is 16.1 Å². The van der Waals surface area contributed by atoms with Crippen LogP contribution >= 0.6 is 0 Å². The second-order valence-corrected chi connectivity index (χ2v) is 5.88. The summed E-state index contributed by atoms with van der Waals surface area (Å²) in [6, 6.07) is 2.73. The fourth-order valence-electron chi connectivity index (χ4n) is 2.49. The van der Waals surface area contributed by atoms with E-state index in [2.05, 4.69) is 0 Å². The summed E-state index contributed by atoms with van der Waals surface area (Å²) in [6.45, 7) is 4.69. The van der Waals surface area contributed by atoms with Gasteiger partial charge in [0, 0.05) is 17.9 Å². The molecular weight excluding hydrogens is 282 g/mol. The summed E-state index contributed by atoms with van der Waals surface area (Å²) in [6.07, 6.45) is -0.254. The Morgan fingerprint density at radius 3 is 2.05 bits per heavy atom. The van der Waals surface area contributed by atoms with Crippen LogP contribution in [0.2, 0.25) is 0 Å². The van der Waals surface area contributed by atoms with Gasteiger partial charge in [-0.15, -0.1) is 0 Å². The van der Waals surface area contributed by atoms with Crippen LogP contribution in [0.25, 0.3) is 0 Å². The van der Waals surface area contributed by atoms with E-state index in [-0.39, 0.29) is 23.3 Å². The first-order chi connectivity index (χ1) is 9.61. The Labute approximate surface area is 121 Å². The first-order valence-electron chi connectivity index (χ1n) is 6.65. The standard InChI is InChI=1S/C15H18F2O4/c1-14(2,8-13(18)19)9-6-11-12(21-5-4-20-11)7-10(9)15(3,16)17/h6-7H,4-5,8H2,1-3H3,(H,18,19). The maximum atomic E-state index is 13.9. The van der Waals surface area contributed by atoms with Crippen molar-refractivity contribution in [2.45, 2.75) is 38.5 Å². The van der Waals surface area contributed by atoms with Crippen molar-refractivity contribution in [3.63, 3.8) is 0 Å². The third-order valence-corrected chi connectivity index (χ3v) is 3.48. The lowest BCUT2D eigenvalue weighted by Gasteiger charge is -2.30. The number of hydrogen-bond acceptors (Lipinski definition) is 3. The zero-order valence-corrected chi connectivity index (χ0v) is 12.2. The van der Waals surface area contributed by atoms with Gasteiger partial charge >= 0.3 is 5.97 Å². The molecule has 0 aromatic heterocycles.